The van der Waals surface area contributed by atoms with Gasteiger partial charge in [0.05, 0.1) is 5.75 Å². The molecule has 0 radical (unpaired) electrons. The molecule has 0 saturated heterocycles. The van der Waals surface area contributed by atoms with Crippen molar-refractivity contribution in [2.75, 3.05) is 11.1 Å². The molecule has 0 aliphatic heterocycles. The maximum absolute atomic E-state index is 13.0. The van der Waals surface area contributed by atoms with Crippen LogP contribution in [0.4, 0.5) is 10.1 Å². The maximum atomic E-state index is 13.0. The minimum absolute atomic E-state index is 0.122. The number of amides is 1. The number of benzene rings is 2. The quantitative estimate of drug-likeness (QED) is 0.457. The van der Waals surface area contributed by atoms with E-state index in [1.54, 1.807) is 12.1 Å². The molecule has 1 amide bonds. The Morgan fingerprint density at radius 2 is 1.72 bits per heavy atom. The van der Waals surface area contributed by atoms with Crippen molar-refractivity contribution >= 4 is 35.0 Å². The van der Waals surface area contributed by atoms with Gasteiger partial charge < -0.3 is 5.32 Å². The Morgan fingerprint density at radius 1 is 1.03 bits per heavy atom. The Kier molecular flexibility index (Phi) is 5.64. The Balaban J connectivity index is 1.55. The molecule has 2 aromatic carbocycles. The third-order valence-corrected chi connectivity index (χ3v) is 5.17. The number of nitrogens with zero attached hydrogens (tertiary/aromatic N) is 4. The van der Waals surface area contributed by atoms with Crippen molar-refractivity contribution in [2.45, 2.75) is 5.16 Å². The molecule has 0 atom stereocenters. The van der Waals surface area contributed by atoms with E-state index >= 15 is 0 Å². The predicted molar refractivity (Wildman–Crippen MR) is 111 cm³/mol. The molecule has 2 heterocycles. The summed E-state index contributed by atoms with van der Waals surface area (Å²) in [6.07, 6.45) is 3.73. The Bertz CT molecular complexity index is 1110. The summed E-state index contributed by atoms with van der Waals surface area (Å²) >= 11 is 7.24. The summed E-state index contributed by atoms with van der Waals surface area (Å²) in [6, 6.07) is 16.7. The Morgan fingerprint density at radius 3 is 2.41 bits per heavy atom. The molecule has 4 aromatic rings. The van der Waals surface area contributed by atoms with E-state index < -0.39 is 0 Å². The van der Waals surface area contributed by atoms with Gasteiger partial charge in [-0.2, -0.15) is 0 Å². The second-order valence-electron chi connectivity index (χ2n) is 6.03. The molecule has 29 heavy (non-hydrogen) atoms. The summed E-state index contributed by atoms with van der Waals surface area (Å²) in [4.78, 5) is 12.3. The first-order valence-electron chi connectivity index (χ1n) is 8.63. The lowest BCUT2D eigenvalue weighted by Crippen LogP contribution is -2.15. The van der Waals surface area contributed by atoms with Crippen molar-refractivity contribution in [2.24, 2.45) is 0 Å². The van der Waals surface area contributed by atoms with E-state index in [-0.39, 0.29) is 17.5 Å². The zero-order valence-corrected chi connectivity index (χ0v) is 16.6. The molecule has 0 aliphatic carbocycles. The van der Waals surface area contributed by atoms with Crippen LogP contribution in [0.1, 0.15) is 0 Å². The molecule has 0 unspecified atom stereocenters. The highest BCUT2D eigenvalue weighted by Gasteiger charge is 2.17. The standard InChI is InChI=1S/C20H15ClFN5OS/c21-15-5-3-14(4-6-15)19-24-25-20(27(19)26-11-1-2-12-26)29-13-18(28)23-17-9-7-16(22)8-10-17/h1-12H,13H2,(H,23,28). The second-order valence-corrected chi connectivity index (χ2v) is 7.41. The molecule has 4 rings (SSSR count). The van der Waals surface area contributed by atoms with Gasteiger partial charge in [0.25, 0.3) is 0 Å². The molecular formula is C20H15ClFN5OS. The summed E-state index contributed by atoms with van der Waals surface area (Å²) in [6.45, 7) is 0. The Labute approximate surface area is 175 Å². The summed E-state index contributed by atoms with van der Waals surface area (Å²) in [5.41, 5.74) is 1.38. The van der Waals surface area contributed by atoms with E-state index in [2.05, 4.69) is 15.5 Å². The minimum atomic E-state index is -0.355. The maximum Gasteiger partial charge on any atom is 0.234 e. The smallest absolute Gasteiger partial charge is 0.234 e. The summed E-state index contributed by atoms with van der Waals surface area (Å²) < 4.78 is 16.6. The number of carbonyl (C=O) groups excluding carboxylic acids is 1. The van der Waals surface area contributed by atoms with Crippen LogP contribution in [-0.4, -0.2) is 31.2 Å². The lowest BCUT2D eigenvalue weighted by atomic mass is 10.2. The van der Waals surface area contributed by atoms with E-state index in [4.69, 9.17) is 11.6 Å². The van der Waals surface area contributed by atoms with Gasteiger partial charge in [0.2, 0.25) is 11.1 Å². The molecule has 146 valence electrons. The number of aromatic nitrogens is 4. The first-order chi connectivity index (χ1) is 14.1. The van der Waals surface area contributed by atoms with Gasteiger partial charge in [0.15, 0.2) is 5.82 Å². The van der Waals surface area contributed by atoms with Crippen LogP contribution in [0, 0.1) is 5.82 Å². The van der Waals surface area contributed by atoms with Crippen molar-refractivity contribution in [1.82, 2.24) is 19.5 Å². The van der Waals surface area contributed by atoms with Gasteiger partial charge in [-0.25, -0.2) is 9.07 Å². The number of rotatable bonds is 6. The van der Waals surface area contributed by atoms with E-state index in [1.165, 1.54) is 36.0 Å². The average Bonchev–Trinajstić information content (AvgIpc) is 3.38. The zero-order chi connectivity index (χ0) is 20.2. The zero-order valence-electron chi connectivity index (χ0n) is 15.0. The van der Waals surface area contributed by atoms with Gasteiger partial charge in [0.1, 0.15) is 5.82 Å². The lowest BCUT2D eigenvalue weighted by molar-refractivity contribution is -0.113. The highest BCUT2D eigenvalue weighted by Crippen LogP contribution is 2.25. The average molecular weight is 428 g/mol. The van der Waals surface area contributed by atoms with Crippen LogP contribution in [0.2, 0.25) is 5.02 Å². The predicted octanol–water partition coefficient (Wildman–Crippen LogP) is 4.58. The van der Waals surface area contributed by atoms with Crippen molar-refractivity contribution in [1.29, 1.82) is 0 Å². The lowest BCUT2D eigenvalue weighted by Gasteiger charge is -2.11. The van der Waals surface area contributed by atoms with Crippen molar-refractivity contribution in [3.8, 4) is 11.4 Å². The van der Waals surface area contributed by atoms with E-state index in [0.29, 0.717) is 21.7 Å². The molecular weight excluding hydrogens is 413 g/mol. The van der Waals surface area contributed by atoms with Gasteiger partial charge in [-0.15, -0.1) is 10.2 Å². The van der Waals surface area contributed by atoms with Crippen LogP contribution in [0.3, 0.4) is 0 Å². The van der Waals surface area contributed by atoms with Crippen LogP contribution >= 0.6 is 23.4 Å². The SMILES string of the molecule is O=C(CSc1nnc(-c2ccc(Cl)cc2)n1-n1cccc1)Nc1ccc(F)cc1. The third kappa shape index (κ3) is 4.49. The number of carbonyl (C=O) groups is 1. The highest BCUT2D eigenvalue weighted by atomic mass is 35.5. The van der Waals surface area contributed by atoms with Gasteiger partial charge in [-0.1, -0.05) is 23.4 Å². The van der Waals surface area contributed by atoms with E-state index in [1.807, 2.05) is 46.0 Å². The molecule has 0 fully saturated rings. The largest absolute Gasteiger partial charge is 0.325 e. The Hall–Kier alpha value is -3.10. The number of halogens is 2. The molecule has 6 nitrogen and oxygen atoms in total. The number of hydrogen-bond acceptors (Lipinski definition) is 4. The molecule has 1 N–H and O–H groups in total. The topological polar surface area (TPSA) is 64.7 Å². The highest BCUT2D eigenvalue weighted by molar-refractivity contribution is 7.99. The number of thioether (sulfide) groups is 1. The van der Waals surface area contributed by atoms with Crippen molar-refractivity contribution in [3.05, 3.63) is 83.9 Å². The van der Waals surface area contributed by atoms with Crippen LogP contribution in [0.25, 0.3) is 11.4 Å². The minimum Gasteiger partial charge on any atom is -0.325 e. The first-order valence-corrected chi connectivity index (χ1v) is 10.00. The second kappa shape index (κ2) is 8.50. The van der Waals surface area contributed by atoms with E-state index in [9.17, 15) is 9.18 Å². The van der Waals surface area contributed by atoms with Crippen LogP contribution in [-0.2, 0) is 4.79 Å². The summed E-state index contributed by atoms with van der Waals surface area (Å²) in [5, 5.41) is 12.5. The van der Waals surface area contributed by atoms with Gasteiger partial charge in [0, 0.05) is 28.7 Å². The van der Waals surface area contributed by atoms with E-state index in [0.717, 1.165) is 5.56 Å². The van der Waals surface area contributed by atoms with Gasteiger partial charge in [-0.3, -0.25) is 9.47 Å². The van der Waals surface area contributed by atoms with Crippen LogP contribution < -0.4 is 5.32 Å². The fraction of sp³-hybridized carbons (Fsp3) is 0.0500. The fourth-order valence-electron chi connectivity index (χ4n) is 2.66. The molecule has 2 aromatic heterocycles. The number of nitrogens with one attached hydrogen (secondary N) is 1. The molecule has 0 spiro atoms. The molecule has 0 bridgehead atoms. The number of anilines is 1. The normalized spacial score (nSPS) is 10.8. The summed E-state index contributed by atoms with van der Waals surface area (Å²) in [5.74, 6) is 0.167. The first kappa shape index (κ1) is 19.2. The number of hydrogen-bond donors (Lipinski definition) is 1. The van der Waals surface area contributed by atoms with Crippen LogP contribution in [0.15, 0.2) is 78.2 Å². The van der Waals surface area contributed by atoms with Crippen LogP contribution in [0.5, 0.6) is 0 Å². The van der Waals surface area contributed by atoms with Crippen molar-refractivity contribution in [3.63, 3.8) is 0 Å². The summed E-state index contributed by atoms with van der Waals surface area (Å²) in [7, 11) is 0. The van der Waals surface area contributed by atoms with Gasteiger partial charge >= 0.3 is 0 Å². The third-order valence-electron chi connectivity index (χ3n) is 3.99. The monoisotopic (exact) mass is 427 g/mol. The molecule has 9 heteroatoms. The molecule has 0 saturated carbocycles. The van der Waals surface area contributed by atoms with Crippen molar-refractivity contribution < 1.29 is 9.18 Å². The van der Waals surface area contributed by atoms with Gasteiger partial charge in [-0.05, 0) is 60.7 Å². The fourth-order valence-corrected chi connectivity index (χ4v) is 3.52. The molecule has 0 aliphatic rings.